The number of hydrogen-bond acceptors (Lipinski definition) is 2. The van der Waals surface area contributed by atoms with Gasteiger partial charge in [-0.1, -0.05) is 163 Å². The Morgan fingerprint density at radius 1 is 0.471 bits per heavy atom. The molecule has 0 radical (unpaired) electrons. The van der Waals surface area contributed by atoms with Crippen LogP contribution < -0.4 is 26.2 Å². The molecule has 4 unspecified atom stereocenters. The lowest BCUT2D eigenvalue weighted by Crippen LogP contribution is -2.64. The van der Waals surface area contributed by atoms with Gasteiger partial charge in [0.1, 0.15) is 0 Å². The van der Waals surface area contributed by atoms with Crippen molar-refractivity contribution in [2.45, 2.75) is 180 Å². The van der Waals surface area contributed by atoms with Gasteiger partial charge in [-0.15, -0.1) is 0 Å². The van der Waals surface area contributed by atoms with E-state index in [1.165, 1.54) is 146 Å². The van der Waals surface area contributed by atoms with E-state index in [2.05, 4.69) is 208 Å². The first-order valence-corrected chi connectivity index (χ1v) is 26.4. The highest BCUT2D eigenvalue weighted by atomic mass is 15.3. The highest BCUT2D eigenvalue weighted by Gasteiger charge is 2.63. The minimum Gasteiger partial charge on any atom is -0.335 e. The van der Waals surface area contributed by atoms with Gasteiger partial charge in [0.05, 0.1) is 16.6 Å². The summed E-state index contributed by atoms with van der Waals surface area (Å²) in [4.78, 5) is 5.84. The third-order valence-electron chi connectivity index (χ3n) is 19.7. The lowest BCUT2D eigenvalue weighted by molar-refractivity contribution is 0.194. The van der Waals surface area contributed by atoms with Gasteiger partial charge in [-0.2, -0.15) is 0 Å². The van der Waals surface area contributed by atoms with Gasteiger partial charge >= 0.3 is 0 Å². The average Bonchev–Trinajstić information content (AvgIpc) is 3.81. The molecule has 4 heteroatoms. The molecular weight excluding hydrogens is 822 g/mol. The van der Waals surface area contributed by atoms with Crippen LogP contribution in [-0.2, 0) is 27.1 Å². The van der Waals surface area contributed by atoms with Crippen LogP contribution >= 0.6 is 0 Å². The van der Waals surface area contributed by atoms with Crippen molar-refractivity contribution >= 4 is 67.7 Å². The Labute approximate surface area is 407 Å². The summed E-state index contributed by atoms with van der Waals surface area (Å²) in [6.07, 6.45) is 9.84. The predicted molar refractivity (Wildman–Crippen MR) is 293 cm³/mol. The van der Waals surface area contributed by atoms with Crippen LogP contribution in [0.25, 0.3) is 38.6 Å². The van der Waals surface area contributed by atoms with Crippen molar-refractivity contribution in [3.05, 3.63) is 131 Å². The lowest BCUT2D eigenvalue weighted by atomic mass is 9.33. The van der Waals surface area contributed by atoms with Crippen LogP contribution in [0, 0.1) is 0 Å². The maximum atomic E-state index is 2.96. The van der Waals surface area contributed by atoms with E-state index in [-0.39, 0.29) is 44.9 Å². The van der Waals surface area contributed by atoms with Crippen LogP contribution in [0.4, 0.5) is 22.7 Å². The zero-order valence-corrected chi connectivity index (χ0v) is 43.4. The summed E-state index contributed by atoms with van der Waals surface area (Å²) in [6.45, 7) is 32.1. The first-order chi connectivity index (χ1) is 32.1. The van der Waals surface area contributed by atoms with Crippen LogP contribution in [0.2, 0.25) is 0 Å². The van der Waals surface area contributed by atoms with Crippen LogP contribution in [-0.4, -0.2) is 22.4 Å². The van der Waals surface area contributed by atoms with E-state index in [0.717, 1.165) is 0 Å². The Morgan fingerprint density at radius 3 is 1.74 bits per heavy atom. The number of fused-ring (bicyclic) bond motifs is 13. The summed E-state index contributed by atoms with van der Waals surface area (Å²) < 4.78 is 2.76. The molecule has 13 rings (SSSR count). The summed E-state index contributed by atoms with van der Waals surface area (Å²) in [6, 6.07) is 42.2. The third-order valence-corrected chi connectivity index (χ3v) is 19.7. The van der Waals surface area contributed by atoms with E-state index in [9.17, 15) is 0 Å². The van der Waals surface area contributed by atoms with Crippen molar-refractivity contribution in [1.29, 1.82) is 0 Å². The maximum Gasteiger partial charge on any atom is 0.252 e. The highest BCUT2D eigenvalue weighted by molar-refractivity contribution is 7.00. The Morgan fingerprint density at radius 2 is 1.06 bits per heavy atom. The molecular formula is C64H72BN3. The Hall–Kier alpha value is -5.22. The molecule has 2 saturated carbocycles. The lowest BCUT2D eigenvalue weighted by Gasteiger charge is -2.53. The minimum absolute atomic E-state index is 0.0119. The van der Waals surface area contributed by atoms with Gasteiger partial charge in [0.2, 0.25) is 0 Å². The fourth-order valence-electron chi connectivity index (χ4n) is 15.3. The van der Waals surface area contributed by atoms with Crippen molar-refractivity contribution in [2.75, 3.05) is 9.80 Å². The van der Waals surface area contributed by atoms with Gasteiger partial charge in [0, 0.05) is 55.6 Å². The molecule has 6 aromatic carbocycles. The van der Waals surface area contributed by atoms with E-state index in [1.54, 1.807) is 11.1 Å². The van der Waals surface area contributed by atoms with Gasteiger partial charge in [0.25, 0.3) is 6.71 Å². The number of anilines is 4. The zero-order valence-electron chi connectivity index (χ0n) is 43.4. The van der Waals surface area contributed by atoms with Crippen molar-refractivity contribution in [2.24, 2.45) is 0 Å². The number of rotatable bonds is 2. The van der Waals surface area contributed by atoms with E-state index in [1.807, 2.05) is 0 Å². The average molecular weight is 894 g/mol. The molecule has 346 valence electrons. The van der Waals surface area contributed by atoms with Crippen LogP contribution in [0.5, 0.6) is 0 Å². The second kappa shape index (κ2) is 13.3. The Balaban J connectivity index is 1.20. The summed E-state index contributed by atoms with van der Waals surface area (Å²) in [5.41, 5.74) is 24.2. The van der Waals surface area contributed by atoms with Crippen molar-refractivity contribution in [3.8, 4) is 16.8 Å². The molecule has 4 aliphatic heterocycles. The molecule has 0 bridgehead atoms. The Kier molecular flexibility index (Phi) is 8.41. The molecule has 0 saturated heterocycles. The van der Waals surface area contributed by atoms with Crippen molar-refractivity contribution in [3.63, 3.8) is 0 Å². The molecule has 0 spiro atoms. The first-order valence-electron chi connectivity index (χ1n) is 26.4. The number of hydrogen-bond donors (Lipinski definition) is 0. The number of nitrogens with zero attached hydrogens (tertiary/aromatic N) is 3. The summed E-state index contributed by atoms with van der Waals surface area (Å²) >= 11 is 0. The fraction of sp³-hybridized carbons (Fsp3) is 0.438. The molecule has 1 aromatic heterocycles. The molecule has 0 amide bonds. The molecule has 5 heterocycles. The minimum atomic E-state index is -0.0913. The molecule has 0 N–H and O–H groups in total. The molecule has 7 aromatic rings. The second-order valence-electron chi connectivity index (χ2n) is 26.5. The third kappa shape index (κ3) is 5.28. The molecule has 68 heavy (non-hydrogen) atoms. The van der Waals surface area contributed by atoms with E-state index >= 15 is 0 Å². The van der Waals surface area contributed by atoms with E-state index < -0.39 is 0 Å². The van der Waals surface area contributed by atoms with Gasteiger partial charge in [0.15, 0.2) is 0 Å². The summed E-state index contributed by atoms with van der Waals surface area (Å²) in [5.74, 6) is 0. The van der Waals surface area contributed by atoms with Crippen molar-refractivity contribution < 1.29 is 0 Å². The van der Waals surface area contributed by atoms with Gasteiger partial charge in [-0.25, -0.2) is 0 Å². The molecule has 4 atom stereocenters. The summed E-state index contributed by atoms with van der Waals surface area (Å²) in [7, 11) is 0. The monoisotopic (exact) mass is 894 g/mol. The molecule has 2 fully saturated rings. The first kappa shape index (κ1) is 42.9. The molecule has 6 aliphatic rings. The zero-order chi connectivity index (χ0) is 47.5. The highest BCUT2D eigenvalue weighted by Crippen LogP contribution is 2.65. The van der Waals surface area contributed by atoms with Crippen LogP contribution in [0.3, 0.4) is 0 Å². The van der Waals surface area contributed by atoms with Crippen LogP contribution in [0.15, 0.2) is 103 Å². The maximum absolute atomic E-state index is 2.96. The Bertz CT molecular complexity index is 3330. The fourth-order valence-corrected chi connectivity index (χ4v) is 15.3. The van der Waals surface area contributed by atoms with Crippen molar-refractivity contribution in [1.82, 2.24) is 4.57 Å². The number of aromatic nitrogens is 1. The number of benzene rings is 6. The summed E-state index contributed by atoms with van der Waals surface area (Å²) in [5, 5.41) is 2.77. The predicted octanol–water partition coefficient (Wildman–Crippen LogP) is 15.0. The topological polar surface area (TPSA) is 11.4 Å². The standard InChI is InChI=1S/C64H72BN3/c1-58(2,3)41-23-25-51-45(33-41)46-34-43(60(7,8)9)36-50-56(46)66(51)53-37-44(67-52-26-24-42(59(4,5)6)35-47(52)61(10)27-17-19-29-63(61,67)12)38-54-55(53)65(50)49-32-40(39-21-15-14-16-22-39)31-48-57(49)68(54)64(13)30-20-18-28-62(48,64)11/h14-16,21-26,31-38H,17-20,27-30H2,1-13H3. The SMILES string of the molecule is CC(C)(C)c1ccc2c(c1)C1(C)CCCCC1(C)N2c1cc2c3c(c1)-n1c4ccc(C(C)(C)C)cc4c4cc(C(C)(C)C)cc(c41)B3c1cc(-c3ccccc3)cc3c1N2C1(C)CCCCC31C. The van der Waals surface area contributed by atoms with Crippen LogP contribution in [0.1, 0.15) is 169 Å². The largest absolute Gasteiger partial charge is 0.335 e. The van der Waals surface area contributed by atoms with E-state index in [0.29, 0.717) is 0 Å². The van der Waals surface area contributed by atoms with Gasteiger partial charge in [-0.05, 0) is 154 Å². The van der Waals surface area contributed by atoms with Gasteiger partial charge in [-0.3, -0.25) is 0 Å². The molecule has 3 nitrogen and oxygen atoms in total. The quantitative estimate of drug-likeness (QED) is 0.160. The normalized spacial score (nSPS) is 25.7. The van der Waals surface area contributed by atoms with E-state index in [4.69, 9.17) is 0 Å². The second-order valence-corrected chi connectivity index (χ2v) is 26.5. The smallest absolute Gasteiger partial charge is 0.252 e. The molecule has 2 aliphatic carbocycles. The van der Waals surface area contributed by atoms with Gasteiger partial charge < -0.3 is 14.4 Å².